The Morgan fingerprint density at radius 1 is 0.855 bits per heavy atom. The quantitative estimate of drug-likeness (QED) is 0.0285. The number of nitrogens with two attached hydrogens (primary N) is 1. The summed E-state index contributed by atoms with van der Waals surface area (Å²) in [6, 6.07) is 11.5. The minimum atomic E-state index is -4.81. The average Bonchev–Trinajstić information content (AvgIpc) is 3.63. The molecule has 55 heavy (non-hydrogen) atoms. The third-order valence-corrected chi connectivity index (χ3v) is 10.2. The normalized spacial score (nSPS) is 14.7. The van der Waals surface area contributed by atoms with Crippen molar-refractivity contribution in [3.8, 4) is 18.1 Å². The lowest BCUT2D eigenvalue weighted by atomic mass is 10.0. The van der Waals surface area contributed by atoms with Gasteiger partial charge in [-0.05, 0) is 36.8 Å². The number of phosphoric acid groups is 1. The van der Waals surface area contributed by atoms with E-state index in [-0.39, 0.29) is 18.1 Å². The predicted octanol–water partition coefficient (Wildman–Crippen LogP) is 7.30. The van der Waals surface area contributed by atoms with E-state index < -0.39 is 45.5 Å². The van der Waals surface area contributed by atoms with Crippen LogP contribution in [0.1, 0.15) is 127 Å². The number of fused-ring (bicyclic) bond motifs is 1. The van der Waals surface area contributed by atoms with Gasteiger partial charge in [0, 0.05) is 6.61 Å². The van der Waals surface area contributed by atoms with E-state index in [9.17, 15) is 24.9 Å². The van der Waals surface area contributed by atoms with Crippen molar-refractivity contribution >= 4 is 19.2 Å². The zero-order valence-corrected chi connectivity index (χ0v) is 32.9. The third kappa shape index (κ3) is 17.3. The van der Waals surface area contributed by atoms with Crippen LogP contribution in [0.2, 0.25) is 0 Å². The van der Waals surface area contributed by atoms with E-state index >= 15 is 0 Å². The number of aromatic nitrogens is 3. The second kappa shape index (κ2) is 26.1. The van der Waals surface area contributed by atoms with Crippen LogP contribution in [0.4, 0.5) is 5.82 Å². The summed E-state index contributed by atoms with van der Waals surface area (Å²) in [5.41, 5.74) is 6.68. The monoisotopic (exact) mass is 786 g/mol. The number of phosphoric ester groups is 1. The molecule has 5 N–H and O–H groups in total. The standard InChI is InChI=1S/C39H59N6O9P/c1-2-3-4-5-6-7-8-9-10-11-12-13-14-15-16-17-23-50-26-33(54-32-20-18-19-31(24-32)25-40)27-52-55(48,49)53-28-36(51-29-41)38(47)37(46)34-21-22-35-39(42)43-30-44-45(34)35/h18-22,24,30,33,36-38,46-47H,2-17,23,26-28H2,1H3,(H,48,49)(H2,42,43,44)/t33-,36-,37+,38-/m1/s1. The molecule has 3 aromatic rings. The Morgan fingerprint density at radius 3 is 2.09 bits per heavy atom. The topological polar surface area (TPSA) is 228 Å². The molecular formula is C39H59N6O9P. The van der Waals surface area contributed by atoms with Crippen LogP contribution in [0.3, 0.4) is 0 Å². The number of hydrogen-bond donors (Lipinski definition) is 4. The van der Waals surface area contributed by atoms with E-state index in [1.807, 2.05) is 6.07 Å². The van der Waals surface area contributed by atoms with Crippen LogP contribution in [-0.2, 0) is 23.1 Å². The van der Waals surface area contributed by atoms with E-state index in [0.29, 0.717) is 23.4 Å². The number of ether oxygens (including phenoxy) is 3. The summed E-state index contributed by atoms with van der Waals surface area (Å²) in [4.78, 5) is 14.4. The van der Waals surface area contributed by atoms with Crippen molar-refractivity contribution in [1.82, 2.24) is 14.6 Å². The number of nitriles is 2. The highest BCUT2D eigenvalue weighted by atomic mass is 31.2. The fraction of sp³-hybridized carbons (Fsp3) is 0.641. The molecule has 0 saturated carbocycles. The molecule has 16 heteroatoms. The summed E-state index contributed by atoms with van der Waals surface area (Å²) < 4.78 is 41.1. The first-order valence-corrected chi connectivity index (χ1v) is 21.0. The molecule has 1 aromatic carbocycles. The van der Waals surface area contributed by atoms with Gasteiger partial charge in [0.15, 0.2) is 11.9 Å². The number of hydrogen-bond acceptors (Lipinski definition) is 13. The SMILES string of the molecule is CCCCCCCCCCCCCCCCCCOC[C@H](COP(=O)(O)OC[C@@H](OC#N)[C@@H](O)[C@@H](O)c1ccc2c(N)ncnn12)Oc1cccc(C#N)c1. The van der Waals surface area contributed by atoms with Gasteiger partial charge < -0.3 is 35.1 Å². The minimum Gasteiger partial charge on any atom is -0.486 e. The molecule has 0 aliphatic heterocycles. The van der Waals surface area contributed by atoms with Gasteiger partial charge in [0.1, 0.15) is 35.9 Å². The molecule has 3 rings (SSSR count). The van der Waals surface area contributed by atoms with Crippen molar-refractivity contribution in [2.24, 2.45) is 0 Å². The Balaban J connectivity index is 1.40. The van der Waals surface area contributed by atoms with E-state index in [0.717, 1.165) is 19.3 Å². The fourth-order valence-electron chi connectivity index (χ4n) is 6.14. The fourth-order valence-corrected chi connectivity index (χ4v) is 6.91. The highest BCUT2D eigenvalue weighted by Gasteiger charge is 2.35. The number of aliphatic hydroxyl groups is 2. The molecule has 0 amide bonds. The van der Waals surface area contributed by atoms with Gasteiger partial charge in [0.2, 0.25) is 0 Å². The lowest BCUT2D eigenvalue weighted by molar-refractivity contribution is -0.0802. The molecule has 1 unspecified atom stereocenters. The highest BCUT2D eigenvalue weighted by Crippen LogP contribution is 2.44. The molecule has 0 spiro atoms. The van der Waals surface area contributed by atoms with Crippen LogP contribution in [-0.4, -0.2) is 74.4 Å². The second-order valence-electron chi connectivity index (χ2n) is 13.7. The number of nitrogens with zero attached hydrogens (tertiary/aromatic N) is 5. The Morgan fingerprint density at radius 2 is 1.47 bits per heavy atom. The van der Waals surface area contributed by atoms with Crippen molar-refractivity contribution in [3.05, 3.63) is 54.0 Å². The maximum Gasteiger partial charge on any atom is 0.472 e. The molecule has 0 aliphatic rings. The maximum atomic E-state index is 12.9. The van der Waals surface area contributed by atoms with E-state index in [1.54, 1.807) is 18.2 Å². The Hall–Kier alpha value is -3.79. The number of unbranched alkanes of at least 4 members (excludes halogenated alkanes) is 15. The predicted molar refractivity (Wildman–Crippen MR) is 207 cm³/mol. The third-order valence-electron chi connectivity index (χ3n) is 9.26. The van der Waals surface area contributed by atoms with Gasteiger partial charge in [-0.15, -0.1) is 0 Å². The molecule has 0 aliphatic carbocycles. The lowest BCUT2D eigenvalue weighted by Crippen LogP contribution is -2.37. The summed E-state index contributed by atoms with van der Waals surface area (Å²) in [7, 11) is -4.81. The summed E-state index contributed by atoms with van der Waals surface area (Å²) in [6.07, 6.45) is 17.0. The van der Waals surface area contributed by atoms with Crippen molar-refractivity contribution in [2.75, 3.05) is 32.2 Å². The largest absolute Gasteiger partial charge is 0.486 e. The van der Waals surface area contributed by atoms with Gasteiger partial charge in [-0.2, -0.15) is 15.6 Å². The van der Waals surface area contributed by atoms with Gasteiger partial charge in [-0.1, -0.05) is 109 Å². The Bertz CT molecular complexity index is 1650. The zero-order valence-electron chi connectivity index (χ0n) is 32.0. The summed E-state index contributed by atoms with van der Waals surface area (Å²) >= 11 is 0. The van der Waals surface area contributed by atoms with Crippen LogP contribution in [0.5, 0.6) is 5.75 Å². The molecule has 0 radical (unpaired) electrons. The smallest absolute Gasteiger partial charge is 0.472 e. The van der Waals surface area contributed by atoms with E-state index in [4.69, 9.17) is 34.3 Å². The summed E-state index contributed by atoms with van der Waals surface area (Å²) in [5, 5.41) is 44.2. The first-order valence-electron chi connectivity index (χ1n) is 19.5. The molecule has 304 valence electrons. The van der Waals surface area contributed by atoms with Crippen LogP contribution in [0.15, 0.2) is 42.7 Å². The van der Waals surface area contributed by atoms with Crippen LogP contribution in [0.25, 0.3) is 5.52 Å². The van der Waals surface area contributed by atoms with Crippen LogP contribution in [0, 0.1) is 22.8 Å². The van der Waals surface area contributed by atoms with Crippen molar-refractivity contribution in [2.45, 2.75) is 134 Å². The molecule has 0 fully saturated rings. The lowest BCUT2D eigenvalue weighted by Gasteiger charge is -2.25. The Labute approximate surface area is 324 Å². The van der Waals surface area contributed by atoms with Gasteiger partial charge in [-0.3, -0.25) is 9.05 Å². The minimum absolute atomic E-state index is 0.0277. The average molecular weight is 787 g/mol. The maximum absolute atomic E-state index is 12.9. The molecule has 15 nitrogen and oxygen atoms in total. The van der Waals surface area contributed by atoms with E-state index in [1.165, 1.54) is 119 Å². The van der Waals surface area contributed by atoms with Crippen molar-refractivity contribution in [1.29, 1.82) is 10.5 Å². The number of nitrogen functional groups attached to an aromatic ring is 1. The van der Waals surface area contributed by atoms with Gasteiger partial charge in [-0.25, -0.2) is 14.1 Å². The molecule has 2 heterocycles. The van der Waals surface area contributed by atoms with Gasteiger partial charge in [0.05, 0.1) is 37.1 Å². The molecule has 0 saturated heterocycles. The first kappa shape index (κ1) is 45.6. The van der Waals surface area contributed by atoms with Crippen molar-refractivity contribution < 1.29 is 42.9 Å². The van der Waals surface area contributed by atoms with Gasteiger partial charge in [0.25, 0.3) is 6.26 Å². The van der Waals surface area contributed by atoms with E-state index in [2.05, 4.69) is 17.0 Å². The van der Waals surface area contributed by atoms with Gasteiger partial charge >= 0.3 is 7.82 Å². The van der Waals surface area contributed by atoms with Crippen LogP contribution >= 0.6 is 7.82 Å². The summed E-state index contributed by atoms with van der Waals surface area (Å²) in [5.74, 6) is 0.483. The first-order chi connectivity index (χ1) is 26.7. The molecule has 0 bridgehead atoms. The molecule has 5 atom stereocenters. The highest BCUT2D eigenvalue weighted by molar-refractivity contribution is 7.47. The van der Waals surface area contributed by atoms with Crippen LogP contribution < -0.4 is 10.5 Å². The Kier molecular flexibility index (Phi) is 21.7. The molecule has 2 aromatic heterocycles. The number of anilines is 1. The number of benzene rings is 1. The van der Waals surface area contributed by atoms with Crippen molar-refractivity contribution in [3.63, 3.8) is 0 Å². The number of rotatable bonds is 31. The number of aliphatic hydroxyl groups excluding tert-OH is 2. The zero-order chi connectivity index (χ0) is 39.7. The molecular weight excluding hydrogens is 727 g/mol. The summed E-state index contributed by atoms with van der Waals surface area (Å²) in [6.45, 7) is 1.51. The second-order valence-corrected chi connectivity index (χ2v) is 15.2.